The number of methoxy groups -OCH3 is 1. The number of carbonyl (C=O) groups excluding carboxylic acids is 2. The molecular weight excluding hydrogens is 276 g/mol. The van der Waals surface area contributed by atoms with Crippen molar-refractivity contribution in [3.63, 3.8) is 0 Å². The first-order valence-electron chi connectivity index (χ1n) is 7.06. The number of rotatable bonds is 5. The number of aromatic nitrogens is 1. The quantitative estimate of drug-likeness (QED) is 0.760. The highest BCUT2D eigenvalue weighted by Gasteiger charge is 2.30. The zero-order valence-corrected chi connectivity index (χ0v) is 12.3. The van der Waals surface area contributed by atoms with Crippen LogP contribution < -0.4 is 0 Å². The maximum absolute atomic E-state index is 12.4. The van der Waals surface area contributed by atoms with Crippen LogP contribution in [0.3, 0.4) is 0 Å². The Bertz CT molecular complexity index is 499. The molecule has 116 valence electrons. The highest BCUT2D eigenvalue weighted by atomic mass is 16.5. The van der Waals surface area contributed by atoms with E-state index in [0.29, 0.717) is 25.5 Å². The Morgan fingerprint density at radius 1 is 1.52 bits per heavy atom. The van der Waals surface area contributed by atoms with Crippen LogP contribution in [0.4, 0.5) is 0 Å². The highest BCUT2D eigenvalue weighted by Crippen LogP contribution is 2.20. The van der Waals surface area contributed by atoms with E-state index in [-0.39, 0.29) is 30.1 Å². The minimum atomic E-state index is -0.256. The zero-order valence-electron chi connectivity index (χ0n) is 12.3. The second-order valence-corrected chi connectivity index (χ2v) is 4.95. The van der Waals surface area contributed by atoms with Crippen molar-refractivity contribution in [2.24, 2.45) is 5.92 Å². The number of likely N-dealkylation sites (tertiary alicyclic amines) is 1. The lowest BCUT2D eigenvalue weighted by Gasteiger charge is -2.30. The number of ether oxygens (including phenoxy) is 2. The van der Waals surface area contributed by atoms with Crippen molar-refractivity contribution in [1.29, 1.82) is 0 Å². The summed E-state index contributed by atoms with van der Waals surface area (Å²) in [5, 5.41) is 3.75. The van der Waals surface area contributed by atoms with Crippen molar-refractivity contribution in [2.75, 3.05) is 26.8 Å². The first-order chi connectivity index (χ1) is 10.2. The van der Waals surface area contributed by atoms with Gasteiger partial charge in [-0.3, -0.25) is 9.59 Å². The molecule has 1 aliphatic rings. The van der Waals surface area contributed by atoms with Gasteiger partial charge in [-0.25, -0.2) is 0 Å². The van der Waals surface area contributed by atoms with Gasteiger partial charge in [0.2, 0.25) is 0 Å². The Morgan fingerprint density at radius 2 is 2.33 bits per heavy atom. The van der Waals surface area contributed by atoms with Gasteiger partial charge >= 0.3 is 5.97 Å². The topological polar surface area (TPSA) is 81.9 Å². The lowest BCUT2D eigenvalue weighted by Crippen LogP contribution is -2.42. The molecule has 1 atom stereocenters. The fraction of sp³-hybridized carbons (Fsp3) is 0.643. The molecule has 0 unspecified atom stereocenters. The second-order valence-electron chi connectivity index (χ2n) is 4.95. The Kier molecular flexibility index (Phi) is 5.32. The molecule has 0 radical (unpaired) electrons. The summed E-state index contributed by atoms with van der Waals surface area (Å²) in [4.78, 5) is 25.8. The lowest BCUT2D eigenvalue weighted by atomic mass is 9.98. The summed E-state index contributed by atoms with van der Waals surface area (Å²) >= 11 is 0. The third-order valence-corrected chi connectivity index (χ3v) is 3.39. The van der Waals surface area contributed by atoms with E-state index in [1.165, 1.54) is 0 Å². The molecular formula is C14H20N2O5. The van der Waals surface area contributed by atoms with Crippen LogP contribution in [-0.2, 0) is 20.9 Å². The number of nitrogens with zero attached hydrogens (tertiary/aromatic N) is 2. The monoisotopic (exact) mass is 296 g/mol. The molecule has 0 aromatic carbocycles. The fourth-order valence-corrected chi connectivity index (χ4v) is 2.40. The van der Waals surface area contributed by atoms with Crippen LogP contribution in [0.25, 0.3) is 0 Å². The number of amides is 1. The zero-order chi connectivity index (χ0) is 15.2. The van der Waals surface area contributed by atoms with Crippen LogP contribution in [0.15, 0.2) is 10.6 Å². The van der Waals surface area contributed by atoms with Gasteiger partial charge in [0.15, 0.2) is 11.5 Å². The number of esters is 1. The molecule has 0 N–H and O–H groups in total. The third-order valence-electron chi connectivity index (χ3n) is 3.39. The number of carbonyl (C=O) groups is 2. The fourth-order valence-electron chi connectivity index (χ4n) is 2.40. The summed E-state index contributed by atoms with van der Waals surface area (Å²) in [6, 6.07) is 1.57. The van der Waals surface area contributed by atoms with E-state index in [1.807, 2.05) is 0 Å². The van der Waals surface area contributed by atoms with Gasteiger partial charge < -0.3 is 18.9 Å². The van der Waals surface area contributed by atoms with Gasteiger partial charge in [0, 0.05) is 26.3 Å². The molecule has 1 aromatic rings. The Hall–Kier alpha value is -1.89. The van der Waals surface area contributed by atoms with Gasteiger partial charge in [-0.15, -0.1) is 0 Å². The van der Waals surface area contributed by atoms with E-state index in [9.17, 15) is 9.59 Å². The maximum Gasteiger partial charge on any atom is 0.310 e. The SMILES string of the molecule is CCOC(=O)[C@@H]1CCCN(C(=O)c2cc(COC)on2)C1. The van der Waals surface area contributed by atoms with Crippen molar-refractivity contribution in [1.82, 2.24) is 10.1 Å². The molecule has 1 amide bonds. The van der Waals surface area contributed by atoms with Gasteiger partial charge in [-0.1, -0.05) is 5.16 Å². The summed E-state index contributed by atoms with van der Waals surface area (Å²) in [6.07, 6.45) is 1.52. The van der Waals surface area contributed by atoms with Crippen LogP contribution in [0.5, 0.6) is 0 Å². The highest BCUT2D eigenvalue weighted by molar-refractivity contribution is 5.92. The van der Waals surface area contributed by atoms with Crippen LogP contribution in [0.1, 0.15) is 36.0 Å². The summed E-state index contributed by atoms with van der Waals surface area (Å²) in [5.74, 6) is -0.224. The van der Waals surface area contributed by atoms with Gasteiger partial charge in [0.05, 0.1) is 12.5 Å². The van der Waals surface area contributed by atoms with Gasteiger partial charge in [-0.05, 0) is 19.8 Å². The Morgan fingerprint density at radius 3 is 3.05 bits per heavy atom. The summed E-state index contributed by atoms with van der Waals surface area (Å²) < 4.78 is 15.0. The van der Waals surface area contributed by atoms with Crippen molar-refractivity contribution in [2.45, 2.75) is 26.4 Å². The predicted molar refractivity (Wildman–Crippen MR) is 72.5 cm³/mol. The Balaban J connectivity index is 1.99. The molecule has 0 spiro atoms. The first-order valence-corrected chi connectivity index (χ1v) is 7.06. The largest absolute Gasteiger partial charge is 0.466 e. The van der Waals surface area contributed by atoms with Crippen molar-refractivity contribution in [3.05, 3.63) is 17.5 Å². The minimum Gasteiger partial charge on any atom is -0.466 e. The van der Waals surface area contributed by atoms with E-state index in [1.54, 1.807) is 25.0 Å². The van der Waals surface area contributed by atoms with E-state index in [2.05, 4.69) is 5.16 Å². The van der Waals surface area contributed by atoms with Crippen molar-refractivity contribution in [3.8, 4) is 0 Å². The molecule has 0 bridgehead atoms. The van der Waals surface area contributed by atoms with Gasteiger partial charge in [0.25, 0.3) is 5.91 Å². The number of hydrogen-bond acceptors (Lipinski definition) is 6. The molecule has 1 aliphatic heterocycles. The van der Waals surface area contributed by atoms with Crippen LogP contribution in [0, 0.1) is 5.92 Å². The third kappa shape index (κ3) is 3.81. The maximum atomic E-state index is 12.4. The van der Waals surface area contributed by atoms with Gasteiger partial charge in [-0.2, -0.15) is 0 Å². The second kappa shape index (κ2) is 7.21. The van der Waals surface area contributed by atoms with Crippen LogP contribution in [-0.4, -0.2) is 48.7 Å². The van der Waals surface area contributed by atoms with E-state index in [4.69, 9.17) is 14.0 Å². The lowest BCUT2D eigenvalue weighted by molar-refractivity contribution is -0.149. The first kappa shape index (κ1) is 15.5. The molecule has 0 saturated carbocycles. The van der Waals surface area contributed by atoms with Crippen molar-refractivity contribution < 1.29 is 23.6 Å². The molecule has 1 fully saturated rings. The standard InChI is InChI=1S/C14H20N2O5/c1-3-20-14(18)10-5-4-6-16(8-10)13(17)12-7-11(9-19-2)21-15-12/h7,10H,3-6,8-9H2,1-2H3/t10-/m1/s1. The normalized spacial score (nSPS) is 18.6. The van der Waals surface area contributed by atoms with E-state index < -0.39 is 0 Å². The number of hydrogen-bond donors (Lipinski definition) is 0. The summed E-state index contributed by atoms with van der Waals surface area (Å²) in [7, 11) is 1.54. The number of piperidine rings is 1. The van der Waals surface area contributed by atoms with E-state index >= 15 is 0 Å². The average molecular weight is 296 g/mol. The van der Waals surface area contributed by atoms with Crippen molar-refractivity contribution >= 4 is 11.9 Å². The molecule has 1 aromatic heterocycles. The summed E-state index contributed by atoms with van der Waals surface area (Å²) in [5.41, 5.74) is 0.242. The molecule has 1 saturated heterocycles. The molecule has 2 rings (SSSR count). The smallest absolute Gasteiger partial charge is 0.310 e. The molecule has 7 heteroatoms. The minimum absolute atomic E-state index is 0.227. The summed E-state index contributed by atoms with van der Waals surface area (Å²) in [6.45, 7) is 3.38. The molecule has 21 heavy (non-hydrogen) atoms. The molecule has 2 heterocycles. The van der Waals surface area contributed by atoms with Gasteiger partial charge in [0.1, 0.15) is 6.61 Å². The molecule has 0 aliphatic carbocycles. The Labute approximate surface area is 123 Å². The van der Waals surface area contributed by atoms with Crippen LogP contribution in [0.2, 0.25) is 0 Å². The molecule has 7 nitrogen and oxygen atoms in total. The van der Waals surface area contributed by atoms with E-state index in [0.717, 1.165) is 12.8 Å². The predicted octanol–water partition coefficient (Wildman–Crippen LogP) is 1.24. The average Bonchev–Trinajstić information content (AvgIpc) is 2.96. The van der Waals surface area contributed by atoms with Crippen LogP contribution >= 0.6 is 0 Å².